The van der Waals surface area contributed by atoms with Crippen LogP contribution in [0.1, 0.15) is 32.1 Å². The van der Waals surface area contributed by atoms with Crippen molar-refractivity contribution in [3.8, 4) is 5.75 Å². The molecule has 2 aromatic rings. The quantitative estimate of drug-likeness (QED) is 0.431. The summed E-state index contributed by atoms with van der Waals surface area (Å²) in [5.74, 6) is 1.55. The summed E-state index contributed by atoms with van der Waals surface area (Å²) >= 11 is 0. The summed E-state index contributed by atoms with van der Waals surface area (Å²) in [5.41, 5.74) is 0.895. The Balaban J connectivity index is 1.37. The Bertz CT molecular complexity index is 973. The summed E-state index contributed by atoms with van der Waals surface area (Å²) in [6, 6.07) is 10.5. The topological polar surface area (TPSA) is 92.1 Å². The Morgan fingerprint density at radius 3 is 2.56 bits per heavy atom. The third kappa shape index (κ3) is 5.64. The average molecular weight is 468 g/mol. The van der Waals surface area contributed by atoms with Crippen molar-refractivity contribution in [2.24, 2.45) is 5.92 Å². The summed E-state index contributed by atoms with van der Waals surface area (Å²) in [6.45, 7) is 4.65. The van der Waals surface area contributed by atoms with Gasteiger partial charge in [0.25, 0.3) is 5.69 Å². The summed E-state index contributed by atoms with van der Waals surface area (Å²) in [7, 11) is 1.54. The molecule has 0 spiro atoms. The van der Waals surface area contributed by atoms with E-state index in [1.165, 1.54) is 25.7 Å². The second-order valence-corrected chi connectivity index (χ2v) is 8.95. The Hall–Kier alpha value is -3.20. The van der Waals surface area contributed by atoms with Crippen LogP contribution in [0.3, 0.4) is 0 Å². The van der Waals surface area contributed by atoms with E-state index in [9.17, 15) is 14.9 Å². The number of pyridine rings is 1. The van der Waals surface area contributed by atoms with Gasteiger partial charge in [0.05, 0.1) is 23.8 Å². The van der Waals surface area contributed by atoms with Crippen molar-refractivity contribution in [3.63, 3.8) is 0 Å². The lowest BCUT2D eigenvalue weighted by Crippen LogP contribution is -2.50. The maximum atomic E-state index is 13.4. The second-order valence-electron chi connectivity index (χ2n) is 8.95. The minimum Gasteiger partial charge on any atom is -0.494 e. The van der Waals surface area contributed by atoms with Gasteiger partial charge in [-0.25, -0.2) is 4.98 Å². The number of aromatic nitrogens is 1. The Morgan fingerprint density at radius 2 is 1.91 bits per heavy atom. The van der Waals surface area contributed by atoms with E-state index in [2.05, 4.69) is 14.8 Å². The molecular weight excluding hydrogens is 434 g/mol. The lowest BCUT2D eigenvalue weighted by Gasteiger charge is -2.37. The molecule has 1 saturated heterocycles. The third-order valence-electron chi connectivity index (χ3n) is 6.87. The third-order valence-corrected chi connectivity index (χ3v) is 6.87. The van der Waals surface area contributed by atoms with E-state index in [0.717, 1.165) is 69.9 Å². The van der Waals surface area contributed by atoms with Crippen LogP contribution < -0.4 is 14.5 Å². The molecule has 1 saturated carbocycles. The molecule has 182 valence electrons. The molecule has 0 N–H and O–H groups in total. The van der Waals surface area contributed by atoms with Crippen molar-refractivity contribution in [1.29, 1.82) is 0 Å². The smallest absolute Gasteiger partial charge is 0.273 e. The lowest BCUT2D eigenvalue weighted by atomic mass is 9.88. The van der Waals surface area contributed by atoms with Gasteiger partial charge in [-0.15, -0.1) is 0 Å². The highest BCUT2D eigenvalue weighted by Gasteiger charge is 2.28. The number of hydrogen-bond donors (Lipinski definition) is 0. The van der Waals surface area contributed by atoms with Crippen LogP contribution >= 0.6 is 0 Å². The number of methoxy groups -OCH3 is 1. The van der Waals surface area contributed by atoms with E-state index in [4.69, 9.17) is 4.74 Å². The number of amides is 1. The summed E-state index contributed by atoms with van der Waals surface area (Å²) in [5, 5.41) is 11.1. The van der Waals surface area contributed by atoms with Gasteiger partial charge in [-0.3, -0.25) is 24.7 Å². The number of nitrogens with zero attached hydrogens (tertiary/aromatic N) is 5. The van der Waals surface area contributed by atoms with Crippen molar-refractivity contribution < 1.29 is 14.5 Å². The molecule has 0 bridgehead atoms. The van der Waals surface area contributed by atoms with E-state index in [0.29, 0.717) is 12.3 Å². The average Bonchev–Trinajstić information content (AvgIpc) is 2.89. The van der Waals surface area contributed by atoms with Gasteiger partial charge < -0.3 is 9.64 Å². The van der Waals surface area contributed by atoms with Crippen LogP contribution in [0.25, 0.3) is 0 Å². The number of ether oxygens (including phenoxy) is 1. The van der Waals surface area contributed by atoms with Crippen LogP contribution in [0, 0.1) is 16.0 Å². The van der Waals surface area contributed by atoms with Crippen molar-refractivity contribution >= 4 is 23.1 Å². The minimum atomic E-state index is -0.411. The van der Waals surface area contributed by atoms with E-state index < -0.39 is 4.92 Å². The minimum absolute atomic E-state index is 0.0245. The van der Waals surface area contributed by atoms with Crippen LogP contribution in [0.2, 0.25) is 0 Å². The van der Waals surface area contributed by atoms with E-state index in [-0.39, 0.29) is 17.5 Å². The number of carbonyl (C=O) groups excluding carboxylic acids is 1. The van der Waals surface area contributed by atoms with E-state index in [1.54, 1.807) is 12.3 Å². The van der Waals surface area contributed by atoms with E-state index in [1.807, 2.05) is 23.1 Å². The fourth-order valence-electron chi connectivity index (χ4n) is 4.92. The fourth-order valence-corrected chi connectivity index (χ4v) is 4.92. The molecule has 2 heterocycles. The molecule has 0 radical (unpaired) electrons. The molecule has 1 aromatic carbocycles. The fraction of sp³-hybridized carbons (Fsp3) is 0.520. The van der Waals surface area contributed by atoms with Gasteiger partial charge in [-0.1, -0.05) is 25.3 Å². The highest BCUT2D eigenvalue weighted by molar-refractivity contribution is 5.94. The van der Waals surface area contributed by atoms with Crippen LogP contribution in [0.15, 0.2) is 42.6 Å². The molecule has 1 aliphatic heterocycles. The zero-order valence-electron chi connectivity index (χ0n) is 19.8. The van der Waals surface area contributed by atoms with Crippen LogP contribution in [-0.4, -0.2) is 67.1 Å². The molecular formula is C25H33N5O4. The first-order valence-electron chi connectivity index (χ1n) is 12.1. The molecule has 9 nitrogen and oxygen atoms in total. The maximum Gasteiger partial charge on any atom is 0.273 e. The highest BCUT2D eigenvalue weighted by atomic mass is 16.6. The predicted octanol–water partition coefficient (Wildman–Crippen LogP) is 3.73. The van der Waals surface area contributed by atoms with Gasteiger partial charge in [-0.2, -0.15) is 0 Å². The first-order valence-corrected chi connectivity index (χ1v) is 12.1. The van der Waals surface area contributed by atoms with Crippen molar-refractivity contribution in [3.05, 3.63) is 52.7 Å². The molecule has 0 unspecified atom stereocenters. The number of carbonyl (C=O) groups is 1. The molecule has 4 rings (SSSR count). The summed E-state index contributed by atoms with van der Waals surface area (Å²) < 4.78 is 5.42. The van der Waals surface area contributed by atoms with Crippen molar-refractivity contribution in [2.75, 3.05) is 56.2 Å². The van der Waals surface area contributed by atoms with Gasteiger partial charge in [0.2, 0.25) is 5.91 Å². The SMILES string of the molecule is COc1cc([N+](=O)[O-])ccc1N1CCN(CCN(C(=O)C2CCCCC2)c2ccccn2)CC1. The Kier molecular flexibility index (Phi) is 7.95. The van der Waals surface area contributed by atoms with Gasteiger partial charge in [0, 0.05) is 57.4 Å². The second kappa shape index (κ2) is 11.3. The van der Waals surface area contributed by atoms with Crippen molar-refractivity contribution in [1.82, 2.24) is 9.88 Å². The number of non-ortho nitro benzene ring substituents is 1. The van der Waals surface area contributed by atoms with Gasteiger partial charge in [0.15, 0.2) is 0 Å². The van der Waals surface area contributed by atoms with Crippen LogP contribution in [0.5, 0.6) is 5.75 Å². The first kappa shape index (κ1) is 23.9. The highest BCUT2D eigenvalue weighted by Crippen LogP contribution is 2.33. The van der Waals surface area contributed by atoms with Gasteiger partial charge >= 0.3 is 0 Å². The van der Waals surface area contributed by atoms with Crippen LogP contribution in [-0.2, 0) is 4.79 Å². The zero-order valence-corrected chi connectivity index (χ0v) is 19.8. The molecule has 1 aromatic heterocycles. The number of nitro benzene ring substituents is 1. The number of benzene rings is 1. The standard InChI is InChI=1S/C25H33N5O4/c1-34-23-19-21(30(32)33)10-11-22(23)28-16-13-27(14-17-28)15-18-29(24-9-5-6-12-26-24)25(31)20-7-3-2-4-8-20/h5-6,9-12,19-20H,2-4,7-8,13-18H2,1H3. The largest absolute Gasteiger partial charge is 0.494 e. The molecule has 0 atom stereocenters. The Labute approximate surface area is 200 Å². The number of piperazine rings is 1. The Morgan fingerprint density at radius 1 is 1.15 bits per heavy atom. The normalized spacial score (nSPS) is 17.4. The van der Waals surface area contributed by atoms with Crippen molar-refractivity contribution in [2.45, 2.75) is 32.1 Å². The zero-order chi connectivity index (χ0) is 23.9. The van der Waals surface area contributed by atoms with E-state index >= 15 is 0 Å². The molecule has 34 heavy (non-hydrogen) atoms. The van der Waals surface area contributed by atoms with Gasteiger partial charge in [-0.05, 0) is 31.0 Å². The molecule has 2 fully saturated rings. The molecule has 2 aliphatic rings. The van der Waals surface area contributed by atoms with Crippen LogP contribution in [0.4, 0.5) is 17.2 Å². The summed E-state index contributed by atoms with van der Waals surface area (Å²) in [4.78, 5) is 34.9. The summed E-state index contributed by atoms with van der Waals surface area (Å²) in [6.07, 6.45) is 7.15. The number of nitro groups is 1. The molecule has 1 aliphatic carbocycles. The predicted molar refractivity (Wildman–Crippen MR) is 131 cm³/mol. The monoisotopic (exact) mass is 467 g/mol. The number of anilines is 2. The number of hydrogen-bond acceptors (Lipinski definition) is 7. The first-order chi connectivity index (χ1) is 16.6. The molecule has 9 heteroatoms. The maximum absolute atomic E-state index is 13.4. The van der Waals surface area contributed by atoms with Gasteiger partial charge in [0.1, 0.15) is 11.6 Å². The molecule has 1 amide bonds. The number of rotatable bonds is 8. The lowest BCUT2D eigenvalue weighted by molar-refractivity contribution is -0.384.